The highest BCUT2D eigenvalue weighted by Gasteiger charge is 2.21. The van der Waals surface area contributed by atoms with Crippen LogP contribution in [0.4, 0.5) is 33.3 Å². The standard InChI is InChI=1S/C18H19F5N4/c19-12-4-1-2-5-13(12)27-10-8-26(9-11-27)7-3-6-24-16-14(20)17(22)25-18(23)15(16)21/h1-2,4-5H,3,6-11H2,(H,24,25). The van der Waals surface area contributed by atoms with Crippen molar-refractivity contribution in [3.63, 3.8) is 0 Å². The molecule has 1 saturated heterocycles. The van der Waals surface area contributed by atoms with Crippen molar-refractivity contribution in [2.24, 2.45) is 0 Å². The van der Waals surface area contributed by atoms with Gasteiger partial charge in [-0.3, -0.25) is 4.90 Å². The molecule has 1 fully saturated rings. The maximum atomic E-state index is 13.8. The van der Waals surface area contributed by atoms with Crippen LogP contribution in [0.1, 0.15) is 6.42 Å². The van der Waals surface area contributed by atoms with Gasteiger partial charge in [-0.05, 0) is 25.1 Å². The van der Waals surface area contributed by atoms with E-state index < -0.39 is 29.2 Å². The number of hydrogen-bond donors (Lipinski definition) is 1. The fraction of sp³-hybridized carbons (Fsp3) is 0.389. The lowest BCUT2D eigenvalue weighted by atomic mass is 10.2. The fourth-order valence-corrected chi connectivity index (χ4v) is 3.08. The van der Waals surface area contributed by atoms with Gasteiger partial charge in [-0.2, -0.15) is 22.5 Å². The minimum atomic E-state index is -1.68. The summed E-state index contributed by atoms with van der Waals surface area (Å²) in [5, 5.41) is 2.39. The van der Waals surface area contributed by atoms with Crippen LogP contribution in [0.15, 0.2) is 24.3 Å². The molecule has 0 saturated carbocycles. The van der Waals surface area contributed by atoms with Gasteiger partial charge in [-0.25, -0.2) is 4.39 Å². The van der Waals surface area contributed by atoms with Crippen molar-refractivity contribution in [1.29, 1.82) is 0 Å². The molecule has 1 aliphatic rings. The number of piperazine rings is 1. The molecule has 1 N–H and O–H groups in total. The second kappa shape index (κ2) is 8.51. The van der Waals surface area contributed by atoms with E-state index in [1.165, 1.54) is 6.07 Å². The van der Waals surface area contributed by atoms with E-state index in [1.54, 1.807) is 18.2 Å². The molecule has 9 heteroatoms. The molecular formula is C18H19F5N4. The summed E-state index contributed by atoms with van der Waals surface area (Å²) < 4.78 is 66.9. The van der Waals surface area contributed by atoms with Crippen molar-refractivity contribution >= 4 is 11.4 Å². The van der Waals surface area contributed by atoms with Crippen molar-refractivity contribution < 1.29 is 22.0 Å². The first-order chi connectivity index (χ1) is 13.0. The summed E-state index contributed by atoms with van der Waals surface area (Å²) in [6, 6.07) is 6.61. The Balaban J connectivity index is 1.45. The first-order valence-electron chi connectivity index (χ1n) is 8.63. The first-order valence-corrected chi connectivity index (χ1v) is 8.63. The number of pyridine rings is 1. The third-order valence-electron chi connectivity index (χ3n) is 4.52. The molecule has 1 aliphatic heterocycles. The Bertz CT molecular complexity index is 767. The average Bonchev–Trinajstić information content (AvgIpc) is 2.67. The number of hydrogen-bond acceptors (Lipinski definition) is 4. The number of nitrogens with one attached hydrogen (secondary N) is 1. The van der Waals surface area contributed by atoms with Crippen LogP contribution in [0.25, 0.3) is 0 Å². The lowest BCUT2D eigenvalue weighted by Gasteiger charge is -2.36. The Morgan fingerprint density at radius 1 is 0.889 bits per heavy atom. The van der Waals surface area contributed by atoms with E-state index in [4.69, 9.17) is 0 Å². The minimum Gasteiger partial charge on any atom is -0.380 e. The van der Waals surface area contributed by atoms with E-state index in [0.29, 0.717) is 31.7 Å². The first kappa shape index (κ1) is 19.3. The van der Waals surface area contributed by atoms with Gasteiger partial charge in [0.15, 0.2) is 0 Å². The zero-order valence-corrected chi connectivity index (χ0v) is 14.5. The summed E-state index contributed by atoms with van der Waals surface area (Å²) in [6.07, 6.45) is 0.518. The van der Waals surface area contributed by atoms with Crippen molar-refractivity contribution in [3.8, 4) is 0 Å². The summed E-state index contributed by atoms with van der Waals surface area (Å²) in [7, 11) is 0. The molecule has 1 aromatic carbocycles. The quantitative estimate of drug-likeness (QED) is 0.469. The second-order valence-corrected chi connectivity index (χ2v) is 6.26. The lowest BCUT2D eigenvalue weighted by molar-refractivity contribution is 0.256. The van der Waals surface area contributed by atoms with Crippen LogP contribution in [0.3, 0.4) is 0 Å². The molecule has 0 atom stereocenters. The molecule has 3 rings (SSSR count). The number of benzene rings is 1. The van der Waals surface area contributed by atoms with E-state index in [0.717, 1.165) is 13.1 Å². The molecule has 0 amide bonds. The summed E-state index contributed by atoms with van der Waals surface area (Å²) in [5.41, 5.74) is -0.268. The lowest BCUT2D eigenvalue weighted by Crippen LogP contribution is -2.47. The van der Waals surface area contributed by atoms with Gasteiger partial charge in [0.1, 0.15) is 11.5 Å². The van der Waals surface area contributed by atoms with E-state index in [1.807, 2.05) is 4.90 Å². The zero-order valence-electron chi connectivity index (χ0n) is 14.5. The highest BCUT2D eigenvalue weighted by atomic mass is 19.2. The van der Waals surface area contributed by atoms with Gasteiger partial charge < -0.3 is 10.2 Å². The van der Waals surface area contributed by atoms with Crippen LogP contribution in [0.5, 0.6) is 0 Å². The molecule has 146 valence electrons. The fourth-order valence-electron chi connectivity index (χ4n) is 3.08. The summed E-state index contributed by atoms with van der Waals surface area (Å²) in [4.78, 5) is 6.62. The Labute approximate surface area is 153 Å². The highest BCUT2D eigenvalue weighted by Crippen LogP contribution is 2.22. The topological polar surface area (TPSA) is 31.4 Å². The smallest absolute Gasteiger partial charge is 0.253 e. The normalized spacial score (nSPS) is 15.2. The number of para-hydroxylation sites is 1. The number of halogens is 5. The summed E-state index contributed by atoms with van der Waals surface area (Å²) >= 11 is 0. The van der Waals surface area contributed by atoms with Gasteiger partial charge >= 0.3 is 0 Å². The minimum absolute atomic E-state index is 0.143. The zero-order chi connectivity index (χ0) is 19.4. The van der Waals surface area contributed by atoms with Gasteiger partial charge in [-0.15, -0.1) is 0 Å². The third kappa shape index (κ3) is 4.47. The Morgan fingerprint density at radius 2 is 1.52 bits per heavy atom. The number of aromatic nitrogens is 1. The van der Waals surface area contributed by atoms with Crippen molar-refractivity contribution in [1.82, 2.24) is 9.88 Å². The summed E-state index contributed by atoms with van der Waals surface area (Å²) in [6.45, 7) is 3.55. The number of nitrogens with zero attached hydrogens (tertiary/aromatic N) is 3. The monoisotopic (exact) mass is 386 g/mol. The predicted molar refractivity (Wildman–Crippen MR) is 92.2 cm³/mol. The Morgan fingerprint density at radius 3 is 2.15 bits per heavy atom. The van der Waals surface area contributed by atoms with Gasteiger partial charge in [-0.1, -0.05) is 12.1 Å². The average molecular weight is 386 g/mol. The SMILES string of the molecule is Fc1ccccc1N1CCN(CCCNc2c(F)c(F)nc(F)c2F)CC1. The van der Waals surface area contributed by atoms with Gasteiger partial charge in [0, 0.05) is 32.7 Å². The van der Waals surface area contributed by atoms with Gasteiger partial charge in [0.2, 0.25) is 11.6 Å². The molecule has 27 heavy (non-hydrogen) atoms. The van der Waals surface area contributed by atoms with Crippen molar-refractivity contribution in [2.75, 3.05) is 49.5 Å². The van der Waals surface area contributed by atoms with E-state index in [9.17, 15) is 22.0 Å². The van der Waals surface area contributed by atoms with Crippen LogP contribution in [0, 0.1) is 29.3 Å². The van der Waals surface area contributed by atoms with Gasteiger partial charge in [0.25, 0.3) is 11.9 Å². The van der Waals surface area contributed by atoms with Crippen LogP contribution in [0.2, 0.25) is 0 Å². The molecule has 0 spiro atoms. The van der Waals surface area contributed by atoms with E-state index in [-0.39, 0.29) is 12.4 Å². The van der Waals surface area contributed by atoms with Crippen LogP contribution in [-0.2, 0) is 0 Å². The molecule has 2 aromatic rings. The highest BCUT2D eigenvalue weighted by molar-refractivity contribution is 5.48. The second-order valence-electron chi connectivity index (χ2n) is 6.26. The van der Waals surface area contributed by atoms with Crippen molar-refractivity contribution in [2.45, 2.75) is 6.42 Å². The molecule has 4 nitrogen and oxygen atoms in total. The Kier molecular flexibility index (Phi) is 6.10. The molecule has 0 aliphatic carbocycles. The molecule has 0 bridgehead atoms. The number of rotatable bonds is 6. The van der Waals surface area contributed by atoms with Crippen LogP contribution >= 0.6 is 0 Å². The van der Waals surface area contributed by atoms with Crippen LogP contribution < -0.4 is 10.2 Å². The molecule has 2 heterocycles. The molecule has 1 aromatic heterocycles. The molecule has 0 unspecified atom stereocenters. The van der Waals surface area contributed by atoms with E-state index in [2.05, 4.69) is 15.2 Å². The van der Waals surface area contributed by atoms with E-state index >= 15 is 0 Å². The number of anilines is 2. The van der Waals surface area contributed by atoms with Crippen LogP contribution in [-0.4, -0.2) is 49.2 Å². The maximum Gasteiger partial charge on any atom is 0.253 e. The molecular weight excluding hydrogens is 367 g/mol. The molecule has 0 radical (unpaired) electrons. The maximum absolute atomic E-state index is 13.8. The Hall–Kier alpha value is -2.42. The largest absolute Gasteiger partial charge is 0.380 e. The van der Waals surface area contributed by atoms with Crippen molar-refractivity contribution in [3.05, 3.63) is 53.6 Å². The summed E-state index contributed by atoms with van der Waals surface area (Å²) in [5.74, 6) is -6.68. The third-order valence-corrected chi connectivity index (χ3v) is 4.52. The van der Waals surface area contributed by atoms with Gasteiger partial charge in [0.05, 0.1) is 5.69 Å². The predicted octanol–water partition coefficient (Wildman–Crippen LogP) is 3.40.